The molecule has 2 amide bonds. The summed E-state index contributed by atoms with van der Waals surface area (Å²) in [5, 5.41) is 0.623. The van der Waals surface area contributed by atoms with Gasteiger partial charge in [0.2, 0.25) is 0 Å². The van der Waals surface area contributed by atoms with E-state index in [9.17, 15) is 9.59 Å². The molecule has 2 aromatic carbocycles. The molecule has 0 spiro atoms. The topological polar surface area (TPSA) is 49.9 Å². The maximum Gasteiger partial charge on any atom is 0.260 e. The number of hydrogen-bond donors (Lipinski definition) is 0. The molecule has 0 aromatic heterocycles. The smallest absolute Gasteiger partial charge is 0.260 e. The zero-order chi connectivity index (χ0) is 21.0. The lowest BCUT2D eigenvalue weighted by molar-refractivity contribution is -0.134. The Hall–Kier alpha value is -2.53. The fourth-order valence-corrected chi connectivity index (χ4v) is 3.35. The van der Waals surface area contributed by atoms with Crippen LogP contribution >= 0.6 is 11.6 Å². The normalized spacial score (nSPS) is 14.6. The van der Waals surface area contributed by atoms with Crippen LogP contribution in [0.5, 0.6) is 5.75 Å². The van der Waals surface area contributed by atoms with Crippen molar-refractivity contribution in [3.63, 3.8) is 0 Å². The molecular formula is C23H27ClN2O3. The number of halogens is 1. The van der Waals surface area contributed by atoms with Crippen molar-refractivity contribution in [3.05, 3.63) is 64.7 Å². The Bertz CT molecular complexity index is 849. The number of rotatable bonds is 4. The second-order valence-corrected chi connectivity index (χ2v) is 8.68. The fourth-order valence-electron chi connectivity index (χ4n) is 3.22. The SMILES string of the molecule is CC(C)(C)c1ccc(C(=O)N2CCN(C(=O)COc3ccc(Cl)cc3)CC2)cc1. The largest absolute Gasteiger partial charge is 0.484 e. The highest BCUT2D eigenvalue weighted by molar-refractivity contribution is 6.30. The molecule has 1 aliphatic rings. The van der Waals surface area contributed by atoms with Gasteiger partial charge in [-0.1, -0.05) is 44.5 Å². The van der Waals surface area contributed by atoms with E-state index in [2.05, 4.69) is 20.8 Å². The van der Waals surface area contributed by atoms with Crippen molar-refractivity contribution in [2.75, 3.05) is 32.8 Å². The van der Waals surface area contributed by atoms with Crippen molar-refractivity contribution in [2.45, 2.75) is 26.2 Å². The predicted octanol–water partition coefficient (Wildman–Crippen LogP) is 4.00. The zero-order valence-corrected chi connectivity index (χ0v) is 17.9. The van der Waals surface area contributed by atoms with E-state index in [1.807, 2.05) is 24.3 Å². The lowest BCUT2D eigenvalue weighted by Crippen LogP contribution is -2.51. The summed E-state index contributed by atoms with van der Waals surface area (Å²) in [6, 6.07) is 14.7. The first-order chi connectivity index (χ1) is 13.7. The van der Waals surface area contributed by atoms with Gasteiger partial charge in [0.1, 0.15) is 5.75 Å². The molecule has 154 valence electrons. The zero-order valence-electron chi connectivity index (χ0n) is 17.2. The maximum atomic E-state index is 12.8. The first-order valence-electron chi connectivity index (χ1n) is 9.80. The highest BCUT2D eigenvalue weighted by atomic mass is 35.5. The monoisotopic (exact) mass is 414 g/mol. The van der Waals surface area contributed by atoms with Crippen LogP contribution in [0.15, 0.2) is 48.5 Å². The van der Waals surface area contributed by atoms with E-state index in [1.165, 1.54) is 5.56 Å². The van der Waals surface area contributed by atoms with Gasteiger partial charge in [0.15, 0.2) is 6.61 Å². The van der Waals surface area contributed by atoms with Gasteiger partial charge < -0.3 is 14.5 Å². The predicted molar refractivity (Wildman–Crippen MR) is 115 cm³/mol. The Balaban J connectivity index is 1.49. The third-order valence-electron chi connectivity index (χ3n) is 5.09. The summed E-state index contributed by atoms with van der Waals surface area (Å²) >= 11 is 5.84. The number of piperazine rings is 1. The summed E-state index contributed by atoms with van der Waals surface area (Å²) in [5.74, 6) is 0.534. The molecule has 0 N–H and O–H groups in total. The van der Waals surface area contributed by atoms with Gasteiger partial charge in [-0.25, -0.2) is 0 Å². The van der Waals surface area contributed by atoms with E-state index in [1.54, 1.807) is 34.1 Å². The first kappa shape index (κ1) is 21.2. The molecule has 3 rings (SSSR count). The van der Waals surface area contributed by atoms with Crippen LogP contribution in [0.3, 0.4) is 0 Å². The number of benzene rings is 2. The van der Waals surface area contributed by atoms with Crippen molar-refractivity contribution in [3.8, 4) is 5.75 Å². The molecule has 1 heterocycles. The van der Waals surface area contributed by atoms with Gasteiger partial charge in [-0.2, -0.15) is 0 Å². The van der Waals surface area contributed by atoms with Crippen molar-refractivity contribution in [2.24, 2.45) is 0 Å². The molecule has 0 radical (unpaired) electrons. The van der Waals surface area contributed by atoms with E-state index in [0.717, 1.165) is 0 Å². The van der Waals surface area contributed by atoms with Gasteiger partial charge in [-0.3, -0.25) is 9.59 Å². The van der Waals surface area contributed by atoms with Crippen LogP contribution in [0.2, 0.25) is 5.02 Å². The van der Waals surface area contributed by atoms with Crippen LogP contribution in [0.1, 0.15) is 36.7 Å². The number of nitrogens with zero attached hydrogens (tertiary/aromatic N) is 2. The fraction of sp³-hybridized carbons (Fsp3) is 0.391. The van der Waals surface area contributed by atoms with Gasteiger partial charge >= 0.3 is 0 Å². The van der Waals surface area contributed by atoms with Crippen LogP contribution in [0.4, 0.5) is 0 Å². The molecule has 6 heteroatoms. The molecule has 0 bridgehead atoms. The van der Waals surface area contributed by atoms with Crippen LogP contribution in [-0.4, -0.2) is 54.4 Å². The van der Waals surface area contributed by atoms with Crippen molar-refractivity contribution >= 4 is 23.4 Å². The first-order valence-corrected chi connectivity index (χ1v) is 10.2. The summed E-state index contributed by atoms with van der Waals surface area (Å²) in [4.78, 5) is 28.7. The highest BCUT2D eigenvalue weighted by Gasteiger charge is 2.25. The lowest BCUT2D eigenvalue weighted by Gasteiger charge is -2.34. The lowest BCUT2D eigenvalue weighted by atomic mass is 9.86. The summed E-state index contributed by atoms with van der Waals surface area (Å²) in [7, 11) is 0. The molecule has 0 aliphatic carbocycles. The number of carbonyl (C=O) groups is 2. The second-order valence-electron chi connectivity index (χ2n) is 8.24. The van der Waals surface area contributed by atoms with Crippen molar-refractivity contribution in [1.29, 1.82) is 0 Å². The van der Waals surface area contributed by atoms with Crippen molar-refractivity contribution in [1.82, 2.24) is 9.80 Å². The standard InChI is InChI=1S/C23H27ClN2O3/c1-23(2,3)18-6-4-17(5-7-18)22(28)26-14-12-25(13-15-26)21(27)16-29-20-10-8-19(24)9-11-20/h4-11H,12-16H2,1-3H3. The molecule has 0 unspecified atom stereocenters. The van der Waals surface area contributed by atoms with E-state index >= 15 is 0 Å². The van der Waals surface area contributed by atoms with Crippen LogP contribution in [-0.2, 0) is 10.2 Å². The van der Waals surface area contributed by atoms with Gasteiger partial charge in [0.05, 0.1) is 0 Å². The van der Waals surface area contributed by atoms with E-state index in [-0.39, 0.29) is 23.8 Å². The molecule has 1 fully saturated rings. The van der Waals surface area contributed by atoms with E-state index in [4.69, 9.17) is 16.3 Å². The molecule has 29 heavy (non-hydrogen) atoms. The van der Waals surface area contributed by atoms with Crippen LogP contribution in [0.25, 0.3) is 0 Å². The van der Waals surface area contributed by atoms with Gasteiger partial charge in [-0.15, -0.1) is 0 Å². The Morgan fingerprint density at radius 2 is 1.45 bits per heavy atom. The van der Waals surface area contributed by atoms with Gasteiger partial charge in [-0.05, 0) is 47.4 Å². The Kier molecular flexibility index (Phi) is 6.48. The summed E-state index contributed by atoms with van der Waals surface area (Å²) in [6.07, 6.45) is 0. The minimum Gasteiger partial charge on any atom is -0.484 e. The number of ether oxygens (including phenoxy) is 1. The molecule has 1 aliphatic heterocycles. The third kappa shape index (κ3) is 5.51. The molecule has 0 atom stereocenters. The summed E-state index contributed by atoms with van der Waals surface area (Å²) in [6.45, 7) is 8.48. The summed E-state index contributed by atoms with van der Waals surface area (Å²) in [5.41, 5.74) is 1.94. The average molecular weight is 415 g/mol. The summed E-state index contributed by atoms with van der Waals surface area (Å²) < 4.78 is 5.53. The Morgan fingerprint density at radius 3 is 2.00 bits per heavy atom. The minimum atomic E-state index is -0.0819. The van der Waals surface area contributed by atoms with Crippen LogP contribution < -0.4 is 4.74 Å². The number of amides is 2. The highest BCUT2D eigenvalue weighted by Crippen LogP contribution is 2.23. The Labute approximate surface area is 177 Å². The number of carbonyl (C=O) groups excluding carboxylic acids is 2. The maximum absolute atomic E-state index is 12.8. The van der Waals surface area contributed by atoms with Gasteiger partial charge in [0.25, 0.3) is 11.8 Å². The second kappa shape index (κ2) is 8.87. The molecule has 5 nitrogen and oxygen atoms in total. The average Bonchev–Trinajstić information content (AvgIpc) is 2.72. The van der Waals surface area contributed by atoms with Crippen LogP contribution in [0, 0.1) is 0 Å². The molecule has 2 aromatic rings. The van der Waals surface area contributed by atoms with E-state index < -0.39 is 0 Å². The molecular weight excluding hydrogens is 388 g/mol. The van der Waals surface area contributed by atoms with Crippen molar-refractivity contribution < 1.29 is 14.3 Å². The number of hydrogen-bond acceptors (Lipinski definition) is 3. The Morgan fingerprint density at radius 1 is 0.897 bits per heavy atom. The molecule has 1 saturated heterocycles. The van der Waals surface area contributed by atoms with E-state index in [0.29, 0.717) is 42.5 Å². The molecule has 0 saturated carbocycles. The van der Waals surface area contributed by atoms with Gasteiger partial charge in [0, 0.05) is 36.8 Å². The quantitative estimate of drug-likeness (QED) is 0.759. The minimum absolute atomic E-state index is 0.00923. The third-order valence-corrected chi connectivity index (χ3v) is 5.35.